The molecule has 1 saturated heterocycles. The molecule has 0 saturated carbocycles. The SMILES string of the molecule is CCc1ccccc1N1CCN(C(=O)c2cccc(Br)c2)C(C)C1=O. The van der Waals surface area contributed by atoms with Crippen LogP contribution in [0, 0.1) is 0 Å². The number of piperazine rings is 1. The molecule has 1 heterocycles. The predicted octanol–water partition coefficient (Wildman–Crippen LogP) is 3.89. The molecule has 1 fully saturated rings. The van der Waals surface area contributed by atoms with Crippen LogP contribution in [0.5, 0.6) is 0 Å². The molecule has 0 aliphatic carbocycles. The maximum atomic E-state index is 12.9. The highest BCUT2D eigenvalue weighted by Crippen LogP contribution is 2.26. The Bertz CT molecular complexity index is 806. The third-order valence-corrected chi connectivity index (χ3v) is 5.14. The highest BCUT2D eigenvalue weighted by Gasteiger charge is 2.35. The lowest BCUT2D eigenvalue weighted by atomic mass is 10.1. The Labute approximate surface area is 156 Å². The van der Waals surface area contributed by atoms with Crippen LogP contribution in [0.25, 0.3) is 0 Å². The number of halogens is 1. The number of hydrogen-bond donors (Lipinski definition) is 0. The molecular weight excluding hydrogens is 380 g/mol. The van der Waals surface area contributed by atoms with Gasteiger partial charge in [-0.15, -0.1) is 0 Å². The molecule has 130 valence electrons. The van der Waals surface area contributed by atoms with Crippen LogP contribution in [-0.2, 0) is 11.2 Å². The summed E-state index contributed by atoms with van der Waals surface area (Å²) in [6, 6.07) is 14.8. The lowest BCUT2D eigenvalue weighted by Crippen LogP contribution is -2.58. The summed E-state index contributed by atoms with van der Waals surface area (Å²) in [5.74, 6) is -0.138. The summed E-state index contributed by atoms with van der Waals surface area (Å²) in [6.07, 6.45) is 0.870. The van der Waals surface area contributed by atoms with Gasteiger partial charge in [0.05, 0.1) is 0 Å². The standard InChI is InChI=1S/C20H21BrN2O2/c1-3-15-7-4-5-10-18(15)23-12-11-22(14(2)19(23)24)20(25)16-8-6-9-17(21)13-16/h4-10,13-14H,3,11-12H2,1-2H3. The first-order valence-corrected chi connectivity index (χ1v) is 9.28. The maximum Gasteiger partial charge on any atom is 0.254 e. The first kappa shape index (κ1) is 17.7. The lowest BCUT2D eigenvalue weighted by Gasteiger charge is -2.39. The van der Waals surface area contributed by atoms with Crippen LogP contribution in [0.3, 0.4) is 0 Å². The smallest absolute Gasteiger partial charge is 0.254 e. The monoisotopic (exact) mass is 400 g/mol. The number of para-hydroxylation sites is 1. The highest BCUT2D eigenvalue weighted by molar-refractivity contribution is 9.10. The second-order valence-electron chi connectivity index (χ2n) is 6.16. The average molecular weight is 401 g/mol. The van der Waals surface area contributed by atoms with Crippen LogP contribution in [0.15, 0.2) is 53.0 Å². The highest BCUT2D eigenvalue weighted by atomic mass is 79.9. The van der Waals surface area contributed by atoms with Crippen LogP contribution in [-0.4, -0.2) is 35.8 Å². The molecule has 1 aliphatic heterocycles. The van der Waals surface area contributed by atoms with Gasteiger partial charge in [-0.2, -0.15) is 0 Å². The molecule has 3 rings (SSSR count). The number of nitrogens with zero attached hydrogens (tertiary/aromatic N) is 2. The molecule has 2 amide bonds. The minimum absolute atomic E-state index is 0.0319. The number of carbonyl (C=O) groups excluding carboxylic acids is 2. The third-order valence-electron chi connectivity index (χ3n) is 4.65. The van der Waals surface area contributed by atoms with Gasteiger partial charge in [-0.3, -0.25) is 9.59 Å². The summed E-state index contributed by atoms with van der Waals surface area (Å²) in [5, 5.41) is 0. The van der Waals surface area contributed by atoms with Crippen molar-refractivity contribution in [3.8, 4) is 0 Å². The van der Waals surface area contributed by atoms with Crippen molar-refractivity contribution in [3.05, 3.63) is 64.1 Å². The number of carbonyl (C=O) groups is 2. The molecule has 0 radical (unpaired) electrons. The topological polar surface area (TPSA) is 40.6 Å². The van der Waals surface area contributed by atoms with Gasteiger partial charge in [-0.05, 0) is 43.2 Å². The van der Waals surface area contributed by atoms with E-state index in [0.717, 1.165) is 22.1 Å². The van der Waals surface area contributed by atoms with Gasteiger partial charge in [0.1, 0.15) is 6.04 Å². The zero-order valence-corrected chi connectivity index (χ0v) is 16.0. The van der Waals surface area contributed by atoms with Crippen molar-refractivity contribution in [2.45, 2.75) is 26.3 Å². The van der Waals surface area contributed by atoms with E-state index in [2.05, 4.69) is 22.9 Å². The molecule has 1 aliphatic rings. The molecule has 4 nitrogen and oxygen atoms in total. The van der Waals surface area contributed by atoms with Crippen LogP contribution in [0.2, 0.25) is 0 Å². The van der Waals surface area contributed by atoms with Gasteiger partial charge in [0.15, 0.2) is 0 Å². The minimum Gasteiger partial charge on any atom is -0.325 e. The second-order valence-corrected chi connectivity index (χ2v) is 7.07. The van der Waals surface area contributed by atoms with E-state index >= 15 is 0 Å². The average Bonchev–Trinajstić information content (AvgIpc) is 2.63. The van der Waals surface area contributed by atoms with Crippen molar-refractivity contribution in [3.63, 3.8) is 0 Å². The third kappa shape index (κ3) is 3.47. The maximum absolute atomic E-state index is 12.9. The van der Waals surface area contributed by atoms with Gasteiger partial charge < -0.3 is 9.80 Å². The Kier molecular flexibility index (Phi) is 5.23. The molecule has 2 aromatic rings. The number of rotatable bonds is 3. The Morgan fingerprint density at radius 2 is 1.92 bits per heavy atom. The second kappa shape index (κ2) is 7.40. The van der Waals surface area contributed by atoms with E-state index in [0.29, 0.717) is 18.7 Å². The van der Waals surface area contributed by atoms with Crippen molar-refractivity contribution >= 4 is 33.4 Å². The number of amides is 2. The molecular formula is C20H21BrN2O2. The van der Waals surface area contributed by atoms with Gasteiger partial charge >= 0.3 is 0 Å². The molecule has 0 aromatic heterocycles. The van der Waals surface area contributed by atoms with Crippen LogP contribution >= 0.6 is 15.9 Å². The summed E-state index contributed by atoms with van der Waals surface area (Å²) < 4.78 is 0.854. The number of aryl methyl sites for hydroxylation is 1. The predicted molar refractivity (Wildman–Crippen MR) is 103 cm³/mol. The first-order valence-electron chi connectivity index (χ1n) is 8.48. The molecule has 0 N–H and O–H groups in total. The zero-order chi connectivity index (χ0) is 18.0. The summed E-state index contributed by atoms with van der Waals surface area (Å²) in [7, 11) is 0. The summed E-state index contributed by atoms with van der Waals surface area (Å²) in [4.78, 5) is 29.2. The van der Waals surface area contributed by atoms with E-state index in [1.807, 2.05) is 41.3 Å². The quantitative estimate of drug-likeness (QED) is 0.783. The Morgan fingerprint density at radius 1 is 1.16 bits per heavy atom. The normalized spacial score (nSPS) is 17.7. The van der Waals surface area contributed by atoms with Crippen molar-refractivity contribution < 1.29 is 9.59 Å². The molecule has 5 heteroatoms. The summed E-state index contributed by atoms with van der Waals surface area (Å²) in [5.41, 5.74) is 2.70. The largest absolute Gasteiger partial charge is 0.325 e. The van der Waals surface area contributed by atoms with Crippen molar-refractivity contribution in [2.24, 2.45) is 0 Å². The van der Waals surface area contributed by atoms with Gasteiger partial charge in [0, 0.05) is 28.8 Å². The Morgan fingerprint density at radius 3 is 2.64 bits per heavy atom. The van der Waals surface area contributed by atoms with Gasteiger partial charge in [0.25, 0.3) is 5.91 Å². The van der Waals surface area contributed by atoms with Crippen molar-refractivity contribution in [2.75, 3.05) is 18.0 Å². The molecule has 1 atom stereocenters. The summed E-state index contributed by atoms with van der Waals surface area (Å²) >= 11 is 3.39. The number of hydrogen-bond acceptors (Lipinski definition) is 2. The van der Waals surface area contributed by atoms with Crippen LogP contribution < -0.4 is 4.90 Å². The Balaban J connectivity index is 1.83. The summed E-state index contributed by atoms with van der Waals surface area (Å²) in [6.45, 7) is 4.93. The van der Waals surface area contributed by atoms with E-state index in [4.69, 9.17) is 0 Å². The van der Waals surface area contributed by atoms with Gasteiger partial charge in [0.2, 0.25) is 5.91 Å². The number of benzene rings is 2. The van der Waals surface area contributed by atoms with Crippen molar-refractivity contribution in [1.82, 2.24) is 4.90 Å². The van der Waals surface area contributed by atoms with E-state index in [1.54, 1.807) is 24.0 Å². The molecule has 1 unspecified atom stereocenters. The molecule has 25 heavy (non-hydrogen) atoms. The zero-order valence-electron chi connectivity index (χ0n) is 14.4. The van der Waals surface area contributed by atoms with Gasteiger partial charge in [-0.25, -0.2) is 0 Å². The van der Waals surface area contributed by atoms with Gasteiger partial charge in [-0.1, -0.05) is 47.1 Å². The number of anilines is 1. The molecule has 2 aromatic carbocycles. The fourth-order valence-corrected chi connectivity index (χ4v) is 3.65. The van der Waals surface area contributed by atoms with Crippen LogP contribution in [0.4, 0.5) is 5.69 Å². The van der Waals surface area contributed by atoms with E-state index in [-0.39, 0.29) is 11.8 Å². The molecule has 0 spiro atoms. The fourth-order valence-electron chi connectivity index (χ4n) is 3.25. The van der Waals surface area contributed by atoms with Crippen LogP contribution in [0.1, 0.15) is 29.8 Å². The lowest BCUT2D eigenvalue weighted by molar-refractivity contribution is -0.124. The fraction of sp³-hybridized carbons (Fsp3) is 0.300. The van der Waals surface area contributed by atoms with E-state index in [9.17, 15) is 9.59 Å². The molecule has 0 bridgehead atoms. The van der Waals surface area contributed by atoms with E-state index < -0.39 is 6.04 Å². The Hall–Kier alpha value is -2.14. The minimum atomic E-state index is -0.481. The van der Waals surface area contributed by atoms with E-state index in [1.165, 1.54) is 0 Å². The van der Waals surface area contributed by atoms with Crippen molar-refractivity contribution in [1.29, 1.82) is 0 Å². The first-order chi connectivity index (χ1) is 12.0.